The molecule has 0 aliphatic carbocycles. The molecule has 0 aromatic heterocycles. The second kappa shape index (κ2) is 7.67. The normalized spacial score (nSPS) is 23.9. The van der Waals surface area contributed by atoms with Gasteiger partial charge in [-0.25, -0.2) is 0 Å². The molecule has 17 heavy (non-hydrogen) atoms. The lowest BCUT2D eigenvalue weighted by Gasteiger charge is -2.18. The Morgan fingerprint density at radius 3 is 2.76 bits per heavy atom. The predicted molar refractivity (Wildman–Crippen MR) is 71.0 cm³/mol. The molecule has 1 saturated heterocycles. The summed E-state index contributed by atoms with van der Waals surface area (Å²) in [6.45, 7) is 4.30. The molecule has 2 N–H and O–H groups in total. The Labute approximate surface area is 105 Å². The number of hydrogen-bond acceptors (Lipinski definition) is 3. The summed E-state index contributed by atoms with van der Waals surface area (Å²) in [6.07, 6.45) is 5.89. The smallest absolute Gasteiger partial charge is 0.239 e. The highest BCUT2D eigenvalue weighted by molar-refractivity contribution is 5.81. The minimum atomic E-state index is 0.0347. The van der Waals surface area contributed by atoms with E-state index >= 15 is 0 Å². The molecule has 0 bridgehead atoms. The van der Waals surface area contributed by atoms with Gasteiger partial charge in [0.25, 0.3) is 0 Å². The number of nitrogens with one attached hydrogen (secondary N) is 2. The first-order valence-corrected chi connectivity index (χ1v) is 6.83. The quantitative estimate of drug-likeness (QED) is 0.653. The van der Waals surface area contributed by atoms with Crippen molar-refractivity contribution in [1.82, 2.24) is 15.5 Å². The molecule has 100 valence electrons. The minimum absolute atomic E-state index is 0.0347. The van der Waals surface area contributed by atoms with Crippen LogP contribution in [-0.4, -0.2) is 50.1 Å². The van der Waals surface area contributed by atoms with Gasteiger partial charge in [0, 0.05) is 26.7 Å². The molecule has 2 atom stereocenters. The van der Waals surface area contributed by atoms with Crippen LogP contribution in [0.4, 0.5) is 0 Å². The van der Waals surface area contributed by atoms with E-state index in [9.17, 15) is 4.79 Å². The highest BCUT2D eigenvalue weighted by Gasteiger charge is 2.29. The number of hydrogen-bond donors (Lipinski definition) is 2. The van der Waals surface area contributed by atoms with E-state index in [-0.39, 0.29) is 11.9 Å². The second-order valence-corrected chi connectivity index (χ2v) is 5.14. The van der Waals surface area contributed by atoms with Crippen molar-refractivity contribution in [1.29, 1.82) is 0 Å². The van der Waals surface area contributed by atoms with Crippen molar-refractivity contribution < 1.29 is 4.79 Å². The van der Waals surface area contributed by atoms with Gasteiger partial charge in [-0.15, -0.1) is 0 Å². The van der Waals surface area contributed by atoms with Gasteiger partial charge in [0.15, 0.2) is 0 Å². The lowest BCUT2D eigenvalue weighted by atomic mass is 10.2. The highest BCUT2D eigenvalue weighted by Crippen LogP contribution is 2.13. The summed E-state index contributed by atoms with van der Waals surface area (Å²) < 4.78 is 0. The summed E-state index contributed by atoms with van der Waals surface area (Å²) in [5.41, 5.74) is 0. The Bertz CT molecular complexity index is 231. The number of nitrogens with zero attached hydrogens (tertiary/aromatic N) is 1. The van der Waals surface area contributed by atoms with Crippen LogP contribution in [0.25, 0.3) is 0 Å². The number of carbonyl (C=O) groups is 1. The Hall–Kier alpha value is -0.610. The molecular formula is C13H27N3O. The van der Waals surface area contributed by atoms with Gasteiger partial charge < -0.3 is 15.5 Å². The van der Waals surface area contributed by atoms with Crippen LogP contribution in [0, 0.1) is 0 Å². The monoisotopic (exact) mass is 241 g/mol. The van der Waals surface area contributed by atoms with Crippen LogP contribution in [-0.2, 0) is 4.79 Å². The van der Waals surface area contributed by atoms with E-state index in [2.05, 4.69) is 17.6 Å². The summed E-state index contributed by atoms with van der Waals surface area (Å²) >= 11 is 0. The van der Waals surface area contributed by atoms with Crippen molar-refractivity contribution in [3.8, 4) is 0 Å². The molecule has 0 saturated carbocycles. The van der Waals surface area contributed by atoms with Gasteiger partial charge in [0.2, 0.25) is 5.91 Å². The van der Waals surface area contributed by atoms with Gasteiger partial charge in [-0.1, -0.05) is 19.8 Å². The van der Waals surface area contributed by atoms with Crippen molar-refractivity contribution in [3.05, 3.63) is 0 Å². The van der Waals surface area contributed by atoms with Gasteiger partial charge in [0.05, 0.1) is 6.04 Å². The van der Waals surface area contributed by atoms with Crippen molar-refractivity contribution in [2.75, 3.05) is 27.2 Å². The zero-order chi connectivity index (χ0) is 12.7. The number of carbonyl (C=O) groups excluding carboxylic acids is 1. The van der Waals surface area contributed by atoms with E-state index < -0.39 is 0 Å². The fourth-order valence-corrected chi connectivity index (χ4v) is 2.26. The number of amides is 1. The van der Waals surface area contributed by atoms with Crippen molar-refractivity contribution >= 4 is 5.91 Å². The standard InChI is InChI=1S/C13H27N3O/c1-4-5-6-9-14-10-11-7-8-12(15-11)13(17)16(2)3/h11-12,14-15H,4-10H2,1-3H3. The molecule has 1 fully saturated rings. The van der Waals surface area contributed by atoms with Crippen LogP contribution in [0.15, 0.2) is 0 Å². The molecule has 0 radical (unpaired) electrons. The second-order valence-electron chi connectivity index (χ2n) is 5.14. The van der Waals surface area contributed by atoms with E-state index in [1.165, 1.54) is 19.3 Å². The third-order valence-corrected chi connectivity index (χ3v) is 3.33. The maximum absolute atomic E-state index is 11.7. The summed E-state index contributed by atoms with van der Waals surface area (Å²) in [7, 11) is 3.64. The van der Waals surface area contributed by atoms with Gasteiger partial charge in [-0.2, -0.15) is 0 Å². The fourth-order valence-electron chi connectivity index (χ4n) is 2.26. The Morgan fingerprint density at radius 2 is 2.12 bits per heavy atom. The molecule has 4 heteroatoms. The average Bonchev–Trinajstić information content (AvgIpc) is 2.76. The van der Waals surface area contributed by atoms with Crippen LogP contribution >= 0.6 is 0 Å². The maximum Gasteiger partial charge on any atom is 0.239 e. The first-order valence-electron chi connectivity index (χ1n) is 6.83. The lowest BCUT2D eigenvalue weighted by molar-refractivity contribution is -0.130. The van der Waals surface area contributed by atoms with Gasteiger partial charge in [0.1, 0.15) is 0 Å². The molecule has 0 aromatic rings. The molecule has 0 aromatic carbocycles. The third kappa shape index (κ3) is 5.04. The Morgan fingerprint density at radius 1 is 1.35 bits per heavy atom. The van der Waals surface area contributed by atoms with E-state index in [0.717, 1.165) is 25.9 Å². The fraction of sp³-hybridized carbons (Fsp3) is 0.923. The number of likely N-dealkylation sites (N-methyl/N-ethyl adjacent to an activating group) is 1. The van der Waals surface area contributed by atoms with Crippen molar-refractivity contribution in [2.45, 2.75) is 51.1 Å². The molecule has 2 unspecified atom stereocenters. The van der Waals surface area contributed by atoms with E-state index in [1.807, 2.05) is 14.1 Å². The summed E-state index contributed by atoms with van der Waals surface area (Å²) in [6, 6.07) is 0.498. The summed E-state index contributed by atoms with van der Waals surface area (Å²) in [5, 5.41) is 6.87. The molecule has 4 nitrogen and oxygen atoms in total. The van der Waals surface area contributed by atoms with E-state index in [1.54, 1.807) is 4.90 Å². The van der Waals surface area contributed by atoms with Crippen molar-refractivity contribution in [2.24, 2.45) is 0 Å². The van der Waals surface area contributed by atoms with Gasteiger partial charge >= 0.3 is 0 Å². The largest absolute Gasteiger partial charge is 0.347 e. The van der Waals surface area contributed by atoms with Crippen LogP contribution in [0.5, 0.6) is 0 Å². The first kappa shape index (κ1) is 14.5. The highest BCUT2D eigenvalue weighted by atomic mass is 16.2. The zero-order valence-corrected chi connectivity index (χ0v) is 11.5. The number of rotatable bonds is 7. The topological polar surface area (TPSA) is 44.4 Å². The molecule has 1 aliphatic heterocycles. The van der Waals surface area contributed by atoms with Crippen LogP contribution < -0.4 is 10.6 Å². The predicted octanol–water partition coefficient (Wildman–Crippen LogP) is 0.975. The van der Waals surface area contributed by atoms with Crippen LogP contribution in [0.3, 0.4) is 0 Å². The van der Waals surface area contributed by atoms with E-state index in [4.69, 9.17) is 0 Å². The summed E-state index contributed by atoms with van der Waals surface area (Å²) in [4.78, 5) is 13.4. The average molecular weight is 241 g/mol. The zero-order valence-electron chi connectivity index (χ0n) is 11.5. The third-order valence-electron chi connectivity index (χ3n) is 3.33. The molecule has 1 rings (SSSR count). The maximum atomic E-state index is 11.7. The van der Waals surface area contributed by atoms with E-state index in [0.29, 0.717) is 6.04 Å². The minimum Gasteiger partial charge on any atom is -0.347 e. The number of unbranched alkanes of at least 4 members (excludes halogenated alkanes) is 2. The Balaban J connectivity index is 2.11. The Kier molecular flexibility index (Phi) is 6.52. The van der Waals surface area contributed by atoms with Crippen LogP contribution in [0.2, 0.25) is 0 Å². The van der Waals surface area contributed by atoms with Gasteiger partial charge in [-0.05, 0) is 25.8 Å². The SMILES string of the molecule is CCCCCNCC1CCC(C(=O)N(C)C)N1. The molecule has 1 aliphatic rings. The lowest BCUT2D eigenvalue weighted by Crippen LogP contribution is -2.44. The molecule has 1 amide bonds. The molecule has 0 spiro atoms. The molecular weight excluding hydrogens is 214 g/mol. The van der Waals surface area contributed by atoms with Crippen LogP contribution in [0.1, 0.15) is 39.0 Å². The van der Waals surface area contributed by atoms with Gasteiger partial charge in [-0.3, -0.25) is 4.79 Å². The molecule has 1 heterocycles. The van der Waals surface area contributed by atoms with Crippen molar-refractivity contribution in [3.63, 3.8) is 0 Å². The first-order chi connectivity index (χ1) is 8.15. The summed E-state index contributed by atoms with van der Waals surface area (Å²) in [5.74, 6) is 0.207.